The molecule has 1 heterocycles. The zero-order valence-electron chi connectivity index (χ0n) is 15.2. The second-order valence-corrected chi connectivity index (χ2v) is 6.28. The lowest BCUT2D eigenvalue weighted by Gasteiger charge is -2.37. The number of carbonyl (C=O) groups excluding carboxylic acids is 1. The van der Waals surface area contributed by atoms with Gasteiger partial charge in [0.05, 0.1) is 25.9 Å². The van der Waals surface area contributed by atoms with Crippen LogP contribution in [0.5, 0.6) is 11.5 Å². The van der Waals surface area contributed by atoms with Crippen LogP contribution in [0.2, 0.25) is 0 Å². The molecule has 138 valence electrons. The van der Waals surface area contributed by atoms with Crippen molar-refractivity contribution in [3.8, 4) is 11.5 Å². The Labute approximate surface area is 152 Å². The molecule has 0 saturated heterocycles. The van der Waals surface area contributed by atoms with Crippen LogP contribution in [0.3, 0.4) is 0 Å². The molecule has 3 rings (SSSR count). The number of fused-ring (bicyclic) bond motifs is 1. The number of rotatable bonds is 5. The average molecular weight is 358 g/mol. The molecule has 2 aromatic carbocycles. The van der Waals surface area contributed by atoms with Gasteiger partial charge in [-0.3, -0.25) is 4.79 Å². The number of benzene rings is 2. The fraction of sp³-hybridized carbons (Fsp3) is 0.350. The molecule has 26 heavy (non-hydrogen) atoms. The first-order valence-corrected chi connectivity index (χ1v) is 8.63. The largest absolute Gasteiger partial charge is 0.494 e. The number of amides is 1. The number of halogens is 1. The number of hydrogen-bond donors (Lipinski definition) is 0. The second kappa shape index (κ2) is 7.64. The van der Waals surface area contributed by atoms with E-state index in [4.69, 9.17) is 9.47 Å². The van der Waals surface area contributed by atoms with Gasteiger partial charge in [0, 0.05) is 19.2 Å². The number of para-hydroxylation sites is 2. The SMILES string of the molecule is CCN1CC(CN(C)C(=O)c2ccc(OC)c(F)c2)Oc2ccccc21. The number of ether oxygens (including phenoxy) is 2. The number of methoxy groups -OCH3 is 1. The van der Waals surface area contributed by atoms with Crippen LogP contribution >= 0.6 is 0 Å². The third kappa shape index (κ3) is 3.59. The molecule has 0 radical (unpaired) electrons. The maximum Gasteiger partial charge on any atom is 0.253 e. The number of nitrogens with zero attached hydrogens (tertiary/aromatic N) is 2. The fourth-order valence-corrected chi connectivity index (χ4v) is 3.18. The third-order valence-electron chi connectivity index (χ3n) is 4.53. The highest BCUT2D eigenvalue weighted by Gasteiger charge is 2.27. The summed E-state index contributed by atoms with van der Waals surface area (Å²) in [6.45, 7) is 4.06. The molecule has 1 aliphatic heterocycles. The van der Waals surface area contributed by atoms with E-state index in [1.165, 1.54) is 19.2 Å². The van der Waals surface area contributed by atoms with Gasteiger partial charge >= 0.3 is 0 Å². The fourth-order valence-electron chi connectivity index (χ4n) is 3.18. The molecule has 0 saturated carbocycles. The Hall–Kier alpha value is -2.76. The van der Waals surface area contributed by atoms with Gasteiger partial charge in [0.15, 0.2) is 11.6 Å². The van der Waals surface area contributed by atoms with Crippen LogP contribution in [0.15, 0.2) is 42.5 Å². The van der Waals surface area contributed by atoms with Crippen molar-refractivity contribution in [2.75, 3.05) is 38.7 Å². The topological polar surface area (TPSA) is 42.0 Å². The van der Waals surface area contributed by atoms with Crippen LogP contribution in [0.4, 0.5) is 10.1 Å². The number of hydrogen-bond acceptors (Lipinski definition) is 4. The summed E-state index contributed by atoms with van der Waals surface area (Å²) in [5.41, 5.74) is 1.35. The maximum absolute atomic E-state index is 13.9. The molecule has 1 amide bonds. The molecule has 2 aromatic rings. The van der Waals surface area contributed by atoms with Crippen molar-refractivity contribution in [1.29, 1.82) is 0 Å². The molecule has 1 atom stereocenters. The highest BCUT2D eigenvalue weighted by Crippen LogP contribution is 2.33. The first-order chi connectivity index (χ1) is 12.5. The summed E-state index contributed by atoms with van der Waals surface area (Å²) in [6, 6.07) is 12.1. The summed E-state index contributed by atoms with van der Waals surface area (Å²) in [5, 5.41) is 0. The Morgan fingerprint density at radius 2 is 2.12 bits per heavy atom. The van der Waals surface area contributed by atoms with Crippen LogP contribution in [0, 0.1) is 5.82 Å². The van der Waals surface area contributed by atoms with Crippen LogP contribution in [-0.4, -0.2) is 50.7 Å². The van der Waals surface area contributed by atoms with Crippen molar-refractivity contribution in [2.45, 2.75) is 13.0 Å². The molecule has 0 spiro atoms. The van der Waals surface area contributed by atoms with Gasteiger partial charge in [0.1, 0.15) is 11.9 Å². The quantitative estimate of drug-likeness (QED) is 0.823. The number of likely N-dealkylation sites (N-methyl/N-ethyl adjacent to an activating group) is 2. The minimum absolute atomic E-state index is 0.120. The minimum atomic E-state index is -0.549. The lowest BCUT2D eigenvalue weighted by atomic mass is 10.1. The van der Waals surface area contributed by atoms with Crippen molar-refractivity contribution in [1.82, 2.24) is 4.90 Å². The van der Waals surface area contributed by atoms with E-state index in [1.807, 2.05) is 24.3 Å². The Morgan fingerprint density at radius 1 is 1.35 bits per heavy atom. The van der Waals surface area contributed by atoms with Gasteiger partial charge in [-0.15, -0.1) is 0 Å². The molecule has 1 unspecified atom stereocenters. The van der Waals surface area contributed by atoms with Crippen molar-refractivity contribution in [3.63, 3.8) is 0 Å². The summed E-state index contributed by atoms with van der Waals surface area (Å²) < 4.78 is 24.8. The highest BCUT2D eigenvalue weighted by molar-refractivity contribution is 5.94. The van der Waals surface area contributed by atoms with Gasteiger partial charge in [-0.2, -0.15) is 0 Å². The molecule has 1 aliphatic rings. The normalized spacial score (nSPS) is 15.8. The van der Waals surface area contributed by atoms with Crippen LogP contribution < -0.4 is 14.4 Å². The lowest BCUT2D eigenvalue weighted by molar-refractivity contribution is 0.0709. The predicted octanol–water partition coefficient (Wildman–Crippen LogP) is 3.19. The predicted molar refractivity (Wildman–Crippen MR) is 98.7 cm³/mol. The van der Waals surface area contributed by atoms with E-state index in [0.29, 0.717) is 13.1 Å². The van der Waals surface area contributed by atoms with Gasteiger partial charge in [-0.25, -0.2) is 4.39 Å². The van der Waals surface area contributed by atoms with Gasteiger partial charge in [0.25, 0.3) is 5.91 Å². The number of carbonyl (C=O) groups is 1. The summed E-state index contributed by atoms with van der Waals surface area (Å²) in [4.78, 5) is 16.4. The van der Waals surface area contributed by atoms with E-state index in [-0.39, 0.29) is 23.3 Å². The number of anilines is 1. The van der Waals surface area contributed by atoms with E-state index in [1.54, 1.807) is 18.0 Å². The minimum Gasteiger partial charge on any atom is -0.494 e. The van der Waals surface area contributed by atoms with Gasteiger partial charge in [-0.1, -0.05) is 12.1 Å². The van der Waals surface area contributed by atoms with Crippen molar-refractivity contribution >= 4 is 11.6 Å². The Kier molecular flexibility index (Phi) is 5.30. The Morgan fingerprint density at radius 3 is 2.81 bits per heavy atom. The molecule has 0 bridgehead atoms. The van der Waals surface area contributed by atoms with E-state index in [9.17, 15) is 9.18 Å². The van der Waals surface area contributed by atoms with E-state index in [2.05, 4.69) is 11.8 Å². The van der Waals surface area contributed by atoms with Gasteiger partial charge in [-0.05, 0) is 37.3 Å². The smallest absolute Gasteiger partial charge is 0.253 e. The van der Waals surface area contributed by atoms with Crippen LogP contribution in [-0.2, 0) is 0 Å². The molecular weight excluding hydrogens is 335 g/mol. The van der Waals surface area contributed by atoms with Crippen molar-refractivity contribution in [2.24, 2.45) is 0 Å². The first-order valence-electron chi connectivity index (χ1n) is 8.63. The van der Waals surface area contributed by atoms with Gasteiger partial charge < -0.3 is 19.3 Å². The summed E-state index contributed by atoms with van der Waals surface area (Å²) in [6.07, 6.45) is -0.151. The standard InChI is InChI=1S/C20H23FN2O3/c1-4-23-13-15(26-19-8-6-5-7-17(19)23)12-22(2)20(24)14-9-10-18(25-3)16(21)11-14/h5-11,15H,4,12-13H2,1-3H3. The third-order valence-corrected chi connectivity index (χ3v) is 4.53. The molecule has 0 aromatic heterocycles. The van der Waals surface area contributed by atoms with Crippen LogP contribution in [0.25, 0.3) is 0 Å². The van der Waals surface area contributed by atoms with E-state index in [0.717, 1.165) is 18.0 Å². The van der Waals surface area contributed by atoms with E-state index < -0.39 is 5.82 Å². The zero-order valence-corrected chi connectivity index (χ0v) is 15.2. The van der Waals surface area contributed by atoms with E-state index >= 15 is 0 Å². The molecule has 6 heteroatoms. The monoisotopic (exact) mass is 358 g/mol. The molecule has 5 nitrogen and oxygen atoms in total. The molecule has 0 aliphatic carbocycles. The summed E-state index contributed by atoms with van der Waals surface area (Å²) in [7, 11) is 3.09. The Bertz CT molecular complexity index is 796. The average Bonchev–Trinajstić information content (AvgIpc) is 2.66. The second-order valence-electron chi connectivity index (χ2n) is 6.28. The highest BCUT2D eigenvalue weighted by atomic mass is 19.1. The Balaban J connectivity index is 1.71. The van der Waals surface area contributed by atoms with Crippen molar-refractivity contribution < 1.29 is 18.7 Å². The molecular formula is C20H23FN2O3. The maximum atomic E-state index is 13.9. The lowest BCUT2D eigenvalue weighted by Crippen LogP contribution is -2.46. The van der Waals surface area contributed by atoms with Crippen molar-refractivity contribution in [3.05, 3.63) is 53.8 Å². The first kappa shape index (κ1) is 18.0. The summed E-state index contributed by atoms with van der Waals surface area (Å²) >= 11 is 0. The molecule has 0 fully saturated rings. The molecule has 0 N–H and O–H groups in total. The zero-order chi connectivity index (χ0) is 18.7. The van der Waals surface area contributed by atoms with Crippen LogP contribution in [0.1, 0.15) is 17.3 Å². The summed E-state index contributed by atoms with van der Waals surface area (Å²) in [5.74, 6) is 0.140. The van der Waals surface area contributed by atoms with Gasteiger partial charge in [0.2, 0.25) is 0 Å².